The molecule has 2 rings (SSSR count). The second kappa shape index (κ2) is 6.48. The van der Waals surface area contributed by atoms with Gasteiger partial charge in [0.2, 0.25) is 0 Å². The first kappa shape index (κ1) is 14.5. The van der Waals surface area contributed by atoms with Crippen LogP contribution in [0.5, 0.6) is 11.6 Å². The Morgan fingerprint density at radius 2 is 2.05 bits per heavy atom. The number of rotatable bonds is 5. The molecule has 0 unspecified atom stereocenters. The van der Waals surface area contributed by atoms with E-state index in [0.717, 1.165) is 17.7 Å². The number of halogens is 1. The van der Waals surface area contributed by atoms with E-state index >= 15 is 0 Å². The van der Waals surface area contributed by atoms with Crippen LogP contribution in [0.1, 0.15) is 23.6 Å². The fourth-order valence-electron chi connectivity index (χ4n) is 1.87. The molecule has 106 valence electrons. The molecule has 20 heavy (non-hydrogen) atoms. The number of pyridine rings is 1. The van der Waals surface area contributed by atoms with Crippen LogP contribution in [0.15, 0.2) is 30.5 Å². The normalized spacial score (nSPS) is 10.6. The van der Waals surface area contributed by atoms with Gasteiger partial charge in [0.1, 0.15) is 5.75 Å². The fraction of sp³-hybridized carbons (Fsp3) is 0.312. The van der Waals surface area contributed by atoms with Gasteiger partial charge in [0.15, 0.2) is 5.82 Å². The van der Waals surface area contributed by atoms with Crippen LogP contribution in [-0.4, -0.2) is 11.5 Å². The van der Waals surface area contributed by atoms with Crippen LogP contribution < -0.4 is 10.1 Å². The van der Waals surface area contributed by atoms with Gasteiger partial charge in [-0.2, -0.15) is 0 Å². The van der Waals surface area contributed by atoms with Crippen LogP contribution >= 0.6 is 0 Å². The van der Waals surface area contributed by atoms with Crippen LogP contribution in [0.2, 0.25) is 0 Å². The highest BCUT2D eigenvalue weighted by molar-refractivity contribution is 5.40. The first-order valence-corrected chi connectivity index (χ1v) is 6.71. The van der Waals surface area contributed by atoms with Crippen molar-refractivity contribution in [3.8, 4) is 11.6 Å². The lowest BCUT2D eigenvalue weighted by atomic mass is 10.1. The second-order valence-electron chi connectivity index (χ2n) is 4.67. The van der Waals surface area contributed by atoms with E-state index in [0.29, 0.717) is 17.9 Å². The molecule has 0 bridgehead atoms. The Morgan fingerprint density at radius 3 is 2.80 bits per heavy atom. The lowest BCUT2D eigenvalue weighted by molar-refractivity contribution is 0.415. The second-order valence-corrected chi connectivity index (χ2v) is 4.67. The molecule has 0 saturated heterocycles. The van der Waals surface area contributed by atoms with Gasteiger partial charge in [-0.3, -0.25) is 0 Å². The molecule has 1 N–H and O–H groups in total. The molecule has 3 nitrogen and oxygen atoms in total. The lowest BCUT2D eigenvalue weighted by Gasteiger charge is -2.12. The van der Waals surface area contributed by atoms with Gasteiger partial charge >= 0.3 is 0 Å². The van der Waals surface area contributed by atoms with Gasteiger partial charge in [-0.1, -0.05) is 19.1 Å². The smallest absolute Gasteiger partial charge is 0.256 e. The highest BCUT2D eigenvalue weighted by Gasteiger charge is 2.12. The van der Waals surface area contributed by atoms with Crippen molar-refractivity contribution in [2.75, 3.05) is 6.54 Å². The number of ether oxygens (including phenoxy) is 1. The van der Waals surface area contributed by atoms with Gasteiger partial charge in [-0.15, -0.1) is 0 Å². The van der Waals surface area contributed by atoms with Crippen LogP contribution in [-0.2, 0) is 6.54 Å². The van der Waals surface area contributed by atoms with Gasteiger partial charge in [0, 0.05) is 18.3 Å². The van der Waals surface area contributed by atoms with E-state index in [1.807, 2.05) is 39.0 Å². The zero-order valence-electron chi connectivity index (χ0n) is 12.0. The highest BCUT2D eigenvalue weighted by atomic mass is 19.1. The summed E-state index contributed by atoms with van der Waals surface area (Å²) in [6, 6.07) is 7.36. The molecule has 0 saturated carbocycles. The van der Waals surface area contributed by atoms with E-state index in [4.69, 9.17) is 4.74 Å². The maximum Gasteiger partial charge on any atom is 0.256 e. The van der Waals surface area contributed by atoms with Crippen molar-refractivity contribution in [3.05, 3.63) is 53.0 Å². The zero-order valence-corrected chi connectivity index (χ0v) is 12.0. The lowest BCUT2D eigenvalue weighted by Crippen LogP contribution is -2.13. The molecule has 0 radical (unpaired) electrons. The molecule has 1 aromatic heterocycles. The maximum absolute atomic E-state index is 14.3. The van der Waals surface area contributed by atoms with E-state index in [1.54, 1.807) is 12.3 Å². The third-order valence-corrected chi connectivity index (χ3v) is 3.26. The van der Waals surface area contributed by atoms with Gasteiger partial charge in [0.25, 0.3) is 5.88 Å². The molecule has 4 heteroatoms. The maximum atomic E-state index is 14.3. The number of benzene rings is 1. The van der Waals surface area contributed by atoms with Gasteiger partial charge in [-0.25, -0.2) is 9.37 Å². The molecular weight excluding hydrogens is 255 g/mol. The number of aromatic nitrogens is 1. The summed E-state index contributed by atoms with van der Waals surface area (Å²) in [5.74, 6) is 0.250. The first-order valence-electron chi connectivity index (χ1n) is 6.71. The van der Waals surface area contributed by atoms with Crippen molar-refractivity contribution in [2.24, 2.45) is 0 Å². The van der Waals surface area contributed by atoms with Crippen molar-refractivity contribution < 1.29 is 9.13 Å². The van der Waals surface area contributed by atoms with Gasteiger partial charge < -0.3 is 10.1 Å². The third kappa shape index (κ3) is 3.14. The largest absolute Gasteiger partial charge is 0.436 e. The van der Waals surface area contributed by atoms with Crippen LogP contribution in [0.25, 0.3) is 0 Å². The first-order chi connectivity index (χ1) is 9.63. The summed E-state index contributed by atoms with van der Waals surface area (Å²) in [4.78, 5) is 3.99. The molecule has 0 aliphatic heterocycles. The summed E-state index contributed by atoms with van der Waals surface area (Å²) in [6.07, 6.45) is 1.57. The van der Waals surface area contributed by atoms with Crippen molar-refractivity contribution >= 4 is 0 Å². The van der Waals surface area contributed by atoms with Crippen molar-refractivity contribution in [3.63, 3.8) is 0 Å². The molecule has 2 aromatic rings. The molecule has 1 aromatic carbocycles. The minimum absolute atomic E-state index is 0.0223. The monoisotopic (exact) mass is 274 g/mol. The molecule has 0 atom stereocenters. The van der Waals surface area contributed by atoms with Crippen LogP contribution in [0, 0.1) is 19.7 Å². The summed E-state index contributed by atoms with van der Waals surface area (Å²) in [5.41, 5.74) is 2.65. The summed E-state index contributed by atoms with van der Waals surface area (Å²) in [7, 11) is 0. The number of hydrogen-bond donors (Lipinski definition) is 1. The predicted octanol–water partition coefficient (Wildman–Crippen LogP) is 3.74. The summed E-state index contributed by atoms with van der Waals surface area (Å²) >= 11 is 0. The number of nitrogens with zero attached hydrogens (tertiary/aromatic N) is 1. The number of aryl methyl sites for hydroxylation is 1. The fourth-order valence-corrected chi connectivity index (χ4v) is 1.87. The molecular formula is C16H19FN2O. The van der Waals surface area contributed by atoms with Crippen molar-refractivity contribution in [1.29, 1.82) is 0 Å². The highest BCUT2D eigenvalue weighted by Crippen LogP contribution is 2.28. The molecule has 0 fully saturated rings. The van der Waals surface area contributed by atoms with Gasteiger partial charge in [0.05, 0.1) is 0 Å². The summed E-state index contributed by atoms with van der Waals surface area (Å²) in [5, 5.41) is 3.09. The molecule has 0 aliphatic carbocycles. The molecule has 0 amide bonds. The van der Waals surface area contributed by atoms with Crippen LogP contribution in [0.3, 0.4) is 0 Å². The number of hydrogen-bond acceptors (Lipinski definition) is 3. The Bertz CT molecular complexity index is 599. The molecule has 0 aliphatic rings. The van der Waals surface area contributed by atoms with E-state index in [1.165, 1.54) is 0 Å². The summed E-state index contributed by atoms with van der Waals surface area (Å²) in [6.45, 7) is 7.17. The Balaban J connectivity index is 2.27. The average Bonchev–Trinajstić information content (AvgIpc) is 2.44. The quantitative estimate of drug-likeness (QED) is 0.902. The standard InChI is InChI=1S/C16H19FN2O/c1-4-18-10-13-8-9-19-16(15(13)17)20-14-7-5-6-11(2)12(14)3/h5-9,18H,4,10H2,1-3H3. The van der Waals surface area contributed by atoms with E-state index in [2.05, 4.69) is 10.3 Å². The SMILES string of the molecule is CCNCc1ccnc(Oc2cccc(C)c2C)c1F. The zero-order chi connectivity index (χ0) is 14.5. The Labute approximate surface area is 118 Å². The van der Waals surface area contributed by atoms with E-state index < -0.39 is 5.82 Å². The molecule has 1 heterocycles. The van der Waals surface area contributed by atoms with E-state index in [9.17, 15) is 4.39 Å². The van der Waals surface area contributed by atoms with Gasteiger partial charge in [-0.05, 0) is 43.7 Å². The third-order valence-electron chi connectivity index (χ3n) is 3.26. The number of nitrogens with one attached hydrogen (secondary N) is 1. The minimum Gasteiger partial charge on any atom is -0.436 e. The Hall–Kier alpha value is -1.94. The van der Waals surface area contributed by atoms with E-state index in [-0.39, 0.29) is 5.88 Å². The Morgan fingerprint density at radius 1 is 1.25 bits per heavy atom. The van der Waals surface area contributed by atoms with Crippen LogP contribution in [0.4, 0.5) is 4.39 Å². The van der Waals surface area contributed by atoms with Crippen molar-refractivity contribution in [1.82, 2.24) is 10.3 Å². The van der Waals surface area contributed by atoms with Crippen molar-refractivity contribution in [2.45, 2.75) is 27.3 Å². The molecule has 0 spiro atoms. The summed E-state index contributed by atoms with van der Waals surface area (Å²) < 4.78 is 19.9. The Kier molecular flexibility index (Phi) is 4.69. The predicted molar refractivity (Wildman–Crippen MR) is 77.6 cm³/mol. The average molecular weight is 274 g/mol. The minimum atomic E-state index is -0.408. The topological polar surface area (TPSA) is 34.2 Å².